The first-order valence-electron chi connectivity index (χ1n) is 4.43. The van der Waals surface area contributed by atoms with Crippen LogP contribution in [0, 0.1) is 11.3 Å². The average molecular weight is 156 g/mol. The van der Waals surface area contributed by atoms with E-state index < -0.39 is 0 Å². The van der Waals surface area contributed by atoms with Crippen molar-refractivity contribution in [3.8, 4) is 0 Å². The molecule has 1 N–H and O–H groups in total. The van der Waals surface area contributed by atoms with Crippen LogP contribution in [0.4, 0.5) is 0 Å². The van der Waals surface area contributed by atoms with Crippen molar-refractivity contribution in [2.75, 3.05) is 6.61 Å². The maximum atomic E-state index is 9.69. The van der Waals surface area contributed by atoms with Gasteiger partial charge in [0.05, 0.1) is 12.2 Å². The second kappa shape index (κ2) is 2.20. The molecular weight excluding hydrogens is 140 g/mol. The van der Waals surface area contributed by atoms with Crippen molar-refractivity contribution in [3.05, 3.63) is 0 Å². The largest absolute Gasteiger partial charge is 0.392 e. The zero-order valence-electron chi connectivity index (χ0n) is 7.21. The summed E-state index contributed by atoms with van der Waals surface area (Å²) in [7, 11) is 0. The van der Waals surface area contributed by atoms with Crippen LogP contribution in [0.2, 0.25) is 0 Å². The van der Waals surface area contributed by atoms with Crippen molar-refractivity contribution in [2.24, 2.45) is 11.3 Å². The van der Waals surface area contributed by atoms with Crippen LogP contribution in [0.1, 0.15) is 26.7 Å². The second-order valence-electron chi connectivity index (χ2n) is 4.36. The van der Waals surface area contributed by atoms with Crippen molar-refractivity contribution in [2.45, 2.75) is 38.9 Å². The van der Waals surface area contributed by atoms with Crippen LogP contribution in [-0.4, -0.2) is 23.9 Å². The number of aliphatic hydroxyl groups is 1. The Bertz CT molecular complexity index is 165. The third kappa shape index (κ3) is 0.859. The predicted octanol–water partition coefficient (Wildman–Crippen LogP) is 1.18. The molecule has 0 aromatic carbocycles. The van der Waals surface area contributed by atoms with Crippen LogP contribution in [0.25, 0.3) is 0 Å². The number of rotatable bonds is 0. The van der Waals surface area contributed by atoms with Gasteiger partial charge in [-0.1, -0.05) is 13.8 Å². The van der Waals surface area contributed by atoms with Gasteiger partial charge in [-0.2, -0.15) is 0 Å². The molecule has 2 aliphatic rings. The van der Waals surface area contributed by atoms with Gasteiger partial charge in [0.1, 0.15) is 0 Å². The lowest BCUT2D eigenvalue weighted by molar-refractivity contribution is -0.244. The summed E-state index contributed by atoms with van der Waals surface area (Å²) in [6, 6.07) is 0. The van der Waals surface area contributed by atoms with E-state index in [0.29, 0.717) is 12.0 Å². The Kier molecular flexibility index (Phi) is 1.52. The topological polar surface area (TPSA) is 29.5 Å². The number of aliphatic hydroxyl groups excluding tert-OH is 1. The normalized spacial score (nSPS) is 47.7. The zero-order valence-corrected chi connectivity index (χ0v) is 7.21. The SMILES string of the molecule is CC1(C)[C@H](O)[C@H]2CCCO[C@@H]21. The van der Waals surface area contributed by atoms with Gasteiger partial charge in [0, 0.05) is 17.9 Å². The highest BCUT2D eigenvalue weighted by atomic mass is 16.5. The van der Waals surface area contributed by atoms with Crippen molar-refractivity contribution < 1.29 is 9.84 Å². The van der Waals surface area contributed by atoms with E-state index in [2.05, 4.69) is 13.8 Å². The fraction of sp³-hybridized carbons (Fsp3) is 1.00. The van der Waals surface area contributed by atoms with Gasteiger partial charge >= 0.3 is 0 Å². The highest BCUT2D eigenvalue weighted by Crippen LogP contribution is 2.50. The third-order valence-electron chi connectivity index (χ3n) is 3.27. The number of ether oxygens (including phenoxy) is 1. The van der Waals surface area contributed by atoms with Crippen LogP contribution in [0.15, 0.2) is 0 Å². The monoisotopic (exact) mass is 156 g/mol. The Morgan fingerprint density at radius 2 is 2.18 bits per heavy atom. The summed E-state index contributed by atoms with van der Waals surface area (Å²) in [5, 5.41) is 9.69. The summed E-state index contributed by atoms with van der Waals surface area (Å²) in [5.41, 5.74) is 0.00505. The summed E-state index contributed by atoms with van der Waals surface area (Å²) in [4.78, 5) is 0. The Labute approximate surface area is 67.6 Å². The smallest absolute Gasteiger partial charge is 0.0703 e. The lowest BCUT2D eigenvalue weighted by atomic mass is 9.57. The van der Waals surface area contributed by atoms with Crippen molar-refractivity contribution >= 4 is 0 Å². The highest BCUT2D eigenvalue weighted by molar-refractivity contribution is 5.06. The molecule has 2 nitrogen and oxygen atoms in total. The molecule has 1 heterocycles. The van der Waals surface area contributed by atoms with Crippen LogP contribution in [0.5, 0.6) is 0 Å². The summed E-state index contributed by atoms with van der Waals surface area (Å²) in [5.74, 6) is 0.429. The maximum Gasteiger partial charge on any atom is 0.0703 e. The lowest BCUT2D eigenvalue weighted by Gasteiger charge is -2.57. The van der Waals surface area contributed by atoms with Gasteiger partial charge in [0.25, 0.3) is 0 Å². The molecule has 0 amide bonds. The average Bonchev–Trinajstić information content (AvgIpc) is 2.04. The number of fused-ring (bicyclic) bond motifs is 1. The van der Waals surface area contributed by atoms with E-state index in [4.69, 9.17) is 4.74 Å². The Balaban J connectivity index is 2.09. The fourth-order valence-electron chi connectivity index (χ4n) is 2.50. The molecule has 1 aliphatic heterocycles. The van der Waals surface area contributed by atoms with E-state index in [-0.39, 0.29) is 11.5 Å². The molecule has 0 spiro atoms. The molecule has 0 bridgehead atoms. The first kappa shape index (κ1) is 7.56. The molecule has 2 rings (SSSR count). The molecule has 64 valence electrons. The summed E-state index contributed by atoms with van der Waals surface area (Å²) < 4.78 is 5.60. The molecule has 3 atom stereocenters. The Hall–Kier alpha value is -0.0800. The minimum atomic E-state index is -0.132. The minimum Gasteiger partial charge on any atom is -0.392 e. The fourth-order valence-corrected chi connectivity index (χ4v) is 2.50. The molecule has 1 saturated heterocycles. The van der Waals surface area contributed by atoms with E-state index in [1.807, 2.05) is 0 Å². The zero-order chi connectivity index (χ0) is 8.06. The van der Waals surface area contributed by atoms with E-state index in [1.54, 1.807) is 0 Å². The van der Waals surface area contributed by atoms with Gasteiger partial charge in [-0.15, -0.1) is 0 Å². The molecule has 11 heavy (non-hydrogen) atoms. The highest BCUT2D eigenvalue weighted by Gasteiger charge is 2.57. The maximum absolute atomic E-state index is 9.69. The quantitative estimate of drug-likeness (QED) is 0.570. The van der Waals surface area contributed by atoms with E-state index >= 15 is 0 Å². The van der Waals surface area contributed by atoms with Crippen LogP contribution in [0.3, 0.4) is 0 Å². The van der Waals surface area contributed by atoms with Crippen molar-refractivity contribution in [3.63, 3.8) is 0 Å². The summed E-state index contributed by atoms with van der Waals surface area (Å²) >= 11 is 0. The van der Waals surface area contributed by atoms with Gasteiger partial charge in [-0.3, -0.25) is 0 Å². The lowest BCUT2D eigenvalue weighted by Crippen LogP contribution is -2.64. The Morgan fingerprint density at radius 1 is 1.45 bits per heavy atom. The van der Waals surface area contributed by atoms with E-state index in [9.17, 15) is 5.11 Å². The molecule has 0 radical (unpaired) electrons. The second-order valence-corrected chi connectivity index (χ2v) is 4.36. The number of hydrogen-bond acceptors (Lipinski definition) is 2. The third-order valence-corrected chi connectivity index (χ3v) is 3.27. The van der Waals surface area contributed by atoms with Gasteiger partial charge < -0.3 is 9.84 Å². The van der Waals surface area contributed by atoms with Crippen molar-refractivity contribution in [1.29, 1.82) is 0 Å². The molecule has 2 fully saturated rings. The molecule has 1 saturated carbocycles. The molecule has 0 unspecified atom stereocenters. The Morgan fingerprint density at radius 3 is 2.82 bits per heavy atom. The summed E-state index contributed by atoms with van der Waals surface area (Å²) in [6.07, 6.45) is 2.46. The van der Waals surface area contributed by atoms with Gasteiger partial charge in [-0.05, 0) is 12.8 Å². The van der Waals surface area contributed by atoms with Crippen LogP contribution in [-0.2, 0) is 4.74 Å². The first-order valence-corrected chi connectivity index (χ1v) is 4.43. The van der Waals surface area contributed by atoms with Crippen LogP contribution >= 0.6 is 0 Å². The molecule has 0 aromatic heterocycles. The molecule has 1 aliphatic carbocycles. The molecule has 0 aromatic rings. The van der Waals surface area contributed by atoms with E-state index in [1.165, 1.54) is 0 Å². The van der Waals surface area contributed by atoms with Gasteiger partial charge in [-0.25, -0.2) is 0 Å². The van der Waals surface area contributed by atoms with Crippen molar-refractivity contribution in [1.82, 2.24) is 0 Å². The molecular formula is C9H16O2. The summed E-state index contributed by atoms with van der Waals surface area (Å²) in [6.45, 7) is 5.06. The van der Waals surface area contributed by atoms with Crippen LogP contribution < -0.4 is 0 Å². The predicted molar refractivity (Wildman–Crippen MR) is 42.3 cm³/mol. The van der Waals surface area contributed by atoms with Gasteiger partial charge in [0.2, 0.25) is 0 Å². The minimum absolute atomic E-state index is 0.00505. The van der Waals surface area contributed by atoms with E-state index in [0.717, 1.165) is 19.4 Å². The molecule has 2 heteroatoms. The standard InChI is InChI=1S/C9H16O2/c1-9(2)7(10)6-4-3-5-11-8(6)9/h6-8,10H,3-5H2,1-2H3/t6-,7-,8+/m1/s1. The first-order chi connectivity index (χ1) is 5.14. The number of hydrogen-bond donors (Lipinski definition) is 1. The van der Waals surface area contributed by atoms with Gasteiger partial charge in [0.15, 0.2) is 0 Å².